The van der Waals surface area contributed by atoms with Crippen molar-refractivity contribution in [2.45, 2.75) is 6.42 Å². The Morgan fingerprint density at radius 3 is 2.53 bits per heavy atom. The number of carboxylic acids is 1. The average molecular weight is 209 g/mol. The van der Waals surface area contributed by atoms with Gasteiger partial charge >= 0.3 is 5.97 Å². The van der Waals surface area contributed by atoms with Crippen LogP contribution in [-0.4, -0.2) is 22.9 Å². The molecular formula is C9H11N3O3. The van der Waals surface area contributed by atoms with Crippen molar-refractivity contribution in [1.82, 2.24) is 0 Å². The molecule has 0 bridgehead atoms. The van der Waals surface area contributed by atoms with E-state index in [1.165, 1.54) is 0 Å². The second-order valence-corrected chi connectivity index (χ2v) is 2.76. The molecule has 0 unspecified atom stereocenters. The van der Waals surface area contributed by atoms with Crippen LogP contribution in [0, 0.1) is 0 Å². The highest BCUT2D eigenvalue weighted by molar-refractivity contribution is 5.70. The van der Waals surface area contributed by atoms with Crippen LogP contribution < -0.4 is 5.43 Å². The Kier molecular flexibility index (Phi) is 4.24. The molecule has 0 saturated heterocycles. The first kappa shape index (κ1) is 11.1. The minimum atomic E-state index is -0.865. The lowest BCUT2D eigenvalue weighted by atomic mass is 10.1. The zero-order chi connectivity index (χ0) is 11.1. The minimum absolute atomic E-state index is 0.00155. The van der Waals surface area contributed by atoms with Gasteiger partial charge in [0.25, 0.3) is 0 Å². The maximum atomic E-state index is 10.4. The van der Waals surface area contributed by atoms with E-state index in [9.17, 15) is 4.79 Å². The molecule has 3 N–H and O–H groups in total. The van der Waals surface area contributed by atoms with Crippen LogP contribution in [0.25, 0.3) is 0 Å². The highest BCUT2D eigenvalue weighted by atomic mass is 16.4. The molecule has 0 aromatic heterocycles. The fraction of sp³-hybridized carbons (Fsp3) is 0.222. The Morgan fingerprint density at radius 1 is 1.33 bits per heavy atom. The van der Waals surface area contributed by atoms with Crippen LogP contribution >= 0.6 is 0 Å². The van der Waals surface area contributed by atoms with Crippen molar-refractivity contribution in [3.05, 3.63) is 29.8 Å². The molecule has 15 heavy (non-hydrogen) atoms. The van der Waals surface area contributed by atoms with Gasteiger partial charge in [0.1, 0.15) is 0 Å². The second kappa shape index (κ2) is 5.71. The molecule has 0 heterocycles. The zero-order valence-corrected chi connectivity index (χ0v) is 7.92. The molecular weight excluding hydrogens is 198 g/mol. The molecule has 6 nitrogen and oxygen atoms in total. The molecule has 0 spiro atoms. The van der Waals surface area contributed by atoms with Gasteiger partial charge in [-0.2, -0.15) is 0 Å². The number of aliphatic carboxylic acids is 1. The predicted octanol–water partition coefficient (Wildman–Crippen LogP) is 1.04. The molecule has 1 aromatic carbocycles. The first-order valence-electron chi connectivity index (χ1n) is 4.26. The maximum absolute atomic E-state index is 10.4. The predicted molar refractivity (Wildman–Crippen MR) is 53.3 cm³/mol. The number of rotatable bonds is 5. The van der Waals surface area contributed by atoms with Crippen molar-refractivity contribution < 1.29 is 15.0 Å². The summed E-state index contributed by atoms with van der Waals surface area (Å²) in [6.07, 6.45) is -0.00155. The van der Waals surface area contributed by atoms with Crippen LogP contribution in [0.1, 0.15) is 5.56 Å². The van der Waals surface area contributed by atoms with Gasteiger partial charge in [-0.25, -0.2) is 0 Å². The van der Waals surface area contributed by atoms with Gasteiger partial charge in [-0.15, -0.1) is 5.11 Å². The van der Waals surface area contributed by atoms with Gasteiger partial charge in [0, 0.05) is 0 Å². The number of benzene rings is 1. The van der Waals surface area contributed by atoms with Gasteiger partial charge in [-0.3, -0.25) is 10.2 Å². The van der Waals surface area contributed by atoms with Crippen LogP contribution in [0.5, 0.6) is 0 Å². The quantitative estimate of drug-likeness (QED) is 0.499. The Labute approximate surface area is 86.2 Å². The van der Waals surface area contributed by atoms with E-state index in [0.29, 0.717) is 11.3 Å². The summed E-state index contributed by atoms with van der Waals surface area (Å²) in [4.78, 5) is 10.4. The first-order valence-corrected chi connectivity index (χ1v) is 4.26. The molecule has 1 rings (SSSR count). The van der Waals surface area contributed by atoms with Crippen LogP contribution in [0.3, 0.4) is 0 Å². The number of aliphatic hydroxyl groups excluding tert-OH is 1. The Hall–Kier alpha value is -1.95. The number of nitrogens with zero attached hydrogens (tertiary/aromatic N) is 2. The number of carboxylic acid groups (broad SMARTS) is 1. The van der Waals surface area contributed by atoms with E-state index in [0.717, 1.165) is 0 Å². The van der Waals surface area contributed by atoms with Gasteiger partial charge in [0.15, 0.2) is 6.73 Å². The standard InChI is InChI=1S/C9H11N3O3/c13-6-10-12-11-8-3-1-7(2-4-8)5-9(14)15/h1-4,13H,5-6H2,(H,10,11)(H,14,15). The Morgan fingerprint density at radius 2 is 2.00 bits per heavy atom. The second-order valence-electron chi connectivity index (χ2n) is 2.76. The number of anilines is 1. The molecule has 0 radical (unpaired) electrons. The zero-order valence-electron chi connectivity index (χ0n) is 7.92. The highest BCUT2D eigenvalue weighted by Gasteiger charge is 1.99. The molecule has 0 saturated carbocycles. The molecule has 0 aliphatic carbocycles. The van der Waals surface area contributed by atoms with Crippen molar-refractivity contribution in [2.24, 2.45) is 10.3 Å². The van der Waals surface area contributed by atoms with Crippen LogP contribution in [-0.2, 0) is 11.2 Å². The van der Waals surface area contributed by atoms with Crippen molar-refractivity contribution in [3.63, 3.8) is 0 Å². The summed E-state index contributed by atoms with van der Waals surface area (Å²) in [6.45, 7) is -0.371. The third-order valence-corrected chi connectivity index (χ3v) is 1.62. The summed E-state index contributed by atoms with van der Waals surface area (Å²) in [6, 6.07) is 6.75. The highest BCUT2D eigenvalue weighted by Crippen LogP contribution is 2.09. The van der Waals surface area contributed by atoms with Gasteiger partial charge < -0.3 is 10.2 Å². The molecule has 1 aromatic rings. The van der Waals surface area contributed by atoms with E-state index in [2.05, 4.69) is 15.8 Å². The average Bonchev–Trinajstić information content (AvgIpc) is 2.20. The molecule has 0 atom stereocenters. The number of hydrogen-bond acceptors (Lipinski definition) is 4. The van der Waals surface area contributed by atoms with Gasteiger partial charge in [0.05, 0.1) is 12.1 Å². The smallest absolute Gasteiger partial charge is 0.307 e. The first-order chi connectivity index (χ1) is 7.22. The lowest BCUT2D eigenvalue weighted by Crippen LogP contribution is -1.99. The summed E-state index contributed by atoms with van der Waals surface area (Å²) in [7, 11) is 0. The minimum Gasteiger partial charge on any atom is -0.481 e. The third-order valence-electron chi connectivity index (χ3n) is 1.62. The van der Waals surface area contributed by atoms with Gasteiger partial charge in [-0.1, -0.05) is 17.4 Å². The molecule has 0 aliphatic rings. The monoisotopic (exact) mass is 209 g/mol. The molecule has 6 heteroatoms. The Balaban J connectivity index is 2.56. The Bertz CT molecular complexity index is 348. The fourth-order valence-corrected chi connectivity index (χ4v) is 0.996. The van der Waals surface area contributed by atoms with E-state index < -0.39 is 5.97 Å². The molecule has 0 aliphatic heterocycles. The van der Waals surface area contributed by atoms with E-state index in [1.807, 2.05) is 0 Å². The van der Waals surface area contributed by atoms with Crippen LogP contribution in [0.4, 0.5) is 5.69 Å². The summed E-state index contributed by atoms with van der Waals surface area (Å²) in [5.41, 5.74) is 3.97. The molecule has 0 fully saturated rings. The van der Waals surface area contributed by atoms with E-state index in [1.54, 1.807) is 24.3 Å². The summed E-state index contributed by atoms with van der Waals surface area (Å²) >= 11 is 0. The number of carbonyl (C=O) groups is 1. The van der Waals surface area contributed by atoms with E-state index in [4.69, 9.17) is 10.2 Å². The SMILES string of the molecule is O=C(O)Cc1ccc(N/N=N/CO)cc1. The normalized spacial score (nSPS) is 10.5. The van der Waals surface area contributed by atoms with Gasteiger partial charge in [0.2, 0.25) is 0 Å². The van der Waals surface area contributed by atoms with Gasteiger partial charge in [-0.05, 0) is 17.7 Å². The van der Waals surface area contributed by atoms with Crippen molar-refractivity contribution in [1.29, 1.82) is 0 Å². The molecule has 0 amide bonds. The topological polar surface area (TPSA) is 94.3 Å². The van der Waals surface area contributed by atoms with E-state index >= 15 is 0 Å². The summed E-state index contributed by atoms with van der Waals surface area (Å²) < 4.78 is 0. The number of nitrogens with one attached hydrogen (secondary N) is 1. The van der Waals surface area contributed by atoms with Crippen molar-refractivity contribution in [3.8, 4) is 0 Å². The lowest BCUT2D eigenvalue weighted by molar-refractivity contribution is -0.136. The maximum Gasteiger partial charge on any atom is 0.307 e. The van der Waals surface area contributed by atoms with Crippen molar-refractivity contribution >= 4 is 11.7 Å². The van der Waals surface area contributed by atoms with Crippen LogP contribution in [0.2, 0.25) is 0 Å². The van der Waals surface area contributed by atoms with E-state index in [-0.39, 0.29) is 13.2 Å². The third kappa shape index (κ3) is 4.19. The fourth-order valence-electron chi connectivity index (χ4n) is 0.996. The number of hydrogen-bond donors (Lipinski definition) is 3. The largest absolute Gasteiger partial charge is 0.481 e. The summed E-state index contributed by atoms with van der Waals surface area (Å²) in [5, 5.41) is 23.6. The van der Waals surface area contributed by atoms with Crippen LogP contribution in [0.15, 0.2) is 34.6 Å². The summed E-state index contributed by atoms with van der Waals surface area (Å²) in [5.74, 6) is -0.865. The lowest BCUT2D eigenvalue weighted by Gasteiger charge is -2.00. The van der Waals surface area contributed by atoms with Crippen molar-refractivity contribution in [2.75, 3.05) is 12.2 Å². The molecule has 80 valence electrons. The number of aliphatic hydroxyl groups is 1.